The van der Waals surface area contributed by atoms with Crippen molar-refractivity contribution in [3.63, 3.8) is 0 Å². The van der Waals surface area contributed by atoms with E-state index in [0.29, 0.717) is 49.8 Å². The Morgan fingerprint density at radius 2 is 1.47 bits per heavy atom. The number of rotatable bonds is 5. The Kier molecular flexibility index (Phi) is 6.97. The van der Waals surface area contributed by atoms with Crippen LogP contribution in [0.1, 0.15) is 45.5 Å². The molecule has 38 heavy (non-hydrogen) atoms. The molecule has 3 aromatic rings. The van der Waals surface area contributed by atoms with Crippen molar-refractivity contribution in [3.8, 4) is 34.1 Å². The number of hydrogen-bond acceptors (Lipinski definition) is 6. The van der Waals surface area contributed by atoms with E-state index < -0.39 is 5.79 Å². The molecule has 0 unspecified atom stereocenters. The van der Waals surface area contributed by atoms with Gasteiger partial charge in [-0.1, -0.05) is 23.8 Å². The lowest BCUT2D eigenvalue weighted by Gasteiger charge is -2.44. The molecule has 0 radical (unpaired) electrons. The normalized spacial score (nSPS) is 16.0. The first-order chi connectivity index (χ1) is 18.3. The van der Waals surface area contributed by atoms with Gasteiger partial charge in [-0.25, -0.2) is 0 Å². The molecule has 5 rings (SSSR count). The highest BCUT2D eigenvalue weighted by Crippen LogP contribution is 2.43. The van der Waals surface area contributed by atoms with Crippen molar-refractivity contribution in [1.29, 1.82) is 0 Å². The van der Waals surface area contributed by atoms with Crippen LogP contribution in [0.3, 0.4) is 0 Å². The predicted octanol–water partition coefficient (Wildman–Crippen LogP) is 5.85. The number of carbonyl (C=O) groups excluding carboxylic acids is 1. The zero-order valence-electron chi connectivity index (χ0n) is 23.0. The molecule has 200 valence electrons. The number of aryl methyl sites for hydroxylation is 3. The molecule has 0 bridgehead atoms. The molecule has 1 saturated heterocycles. The Bertz CT molecular complexity index is 1320. The van der Waals surface area contributed by atoms with Crippen LogP contribution >= 0.6 is 0 Å². The van der Waals surface area contributed by atoms with Crippen molar-refractivity contribution < 1.29 is 28.5 Å². The zero-order chi connectivity index (χ0) is 27.0. The summed E-state index contributed by atoms with van der Waals surface area (Å²) in [7, 11) is 4.81. The molecular weight excluding hydrogens is 482 g/mol. The number of nitrogens with zero attached hydrogens (tertiary/aromatic N) is 1. The van der Waals surface area contributed by atoms with E-state index in [0.717, 1.165) is 39.1 Å². The SMILES string of the molecule is COc1cc(-c2ccc3c(c2)COC2(CCN(C(=O)c4c(C)cc(C)cc4C)CC2)O3)cc(OC)c1OC. The van der Waals surface area contributed by atoms with Crippen molar-refractivity contribution >= 4 is 5.91 Å². The number of likely N-dealkylation sites (tertiary alicyclic amines) is 1. The number of fused-ring (bicyclic) bond motifs is 1. The Labute approximate surface area is 224 Å². The molecular formula is C31H35NO6. The van der Waals surface area contributed by atoms with Crippen LogP contribution in [0.15, 0.2) is 42.5 Å². The smallest absolute Gasteiger partial charge is 0.254 e. The first-order valence-corrected chi connectivity index (χ1v) is 12.9. The Hall–Kier alpha value is -3.71. The van der Waals surface area contributed by atoms with Gasteiger partial charge in [0.15, 0.2) is 11.5 Å². The predicted molar refractivity (Wildman–Crippen MR) is 145 cm³/mol. The molecule has 0 aromatic heterocycles. The van der Waals surface area contributed by atoms with Crippen molar-refractivity contribution in [1.82, 2.24) is 4.90 Å². The van der Waals surface area contributed by atoms with Gasteiger partial charge in [-0.2, -0.15) is 0 Å². The van der Waals surface area contributed by atoms with Crippen LogP contribution < -0.4 is 18.9 Å². The summed E-state index contributed by atoms with van der Waals surface area (Å²) in [6.45, 7) is 7.69. The minimum atomic E-state index is -0.713. The van der Waals surface area contributed by atoms with Gasteiger partial charge in [0.25, 0.3) is 5.91 Å². The van der Waals surface area contributed by atoms with Crippen LogP contribution in [-0.2, 0) is 11.3 Å². The molecule has 0 atom stereocenters. The maximum atomic E-state index is 13.3. The number of benzene rings is 3. The summed E-state index contributed by atoms with van der Waals surface area (Å²) in [5.74, 6) is 1.95. The lowest BCUT2D eigenvalue weighted by atomic mass is 9.96. The lowest BCUT2D eigenvalue weighted by molar-refractivity contribution is -0.225. The molecule has 1 amide bonds. The highest BCUT2D eigenvalue weighted by molar-refractivity contribution is 5.97. The van der Waals surface area contributed by atoms with Gasteiger partial charge in [-0.15, -0.1) is 0 Å². The Morgan fingerprint density at radius 1 is 0.842 bits per heavy atom. The van der Waals surface area contributed by atoms with Crippen LogP contribution in [0.4, 0.5) is 0 Å². The highest BCUT2D eigenvalue weighted by atomic mass is 16.7. The average Bonchev–Trinajstić information content (AvgIpc) is 2.91. The van der Waals surface area contributed by atoms with Gasteiger partial charge in [-0.05, 0) is 67.3 Å². The van der Waals surface area contributed by atoms with E-state index in [1.807, 2.05) is 43.0 Å². The molecule has 7 nitrogen and oxygen atoms in total. The van der Waals surface area contributed by atoms with Gasteiger partial charge >= 0.3 is 0 Å². The molecule has 2 aliphatic heterocycles. The topological polar surface area (TPSA) is 66.5 Å². The third kappa shape index (κ3) is 4.67. The van der Waals surface area contributed by atoms with Gasteiger partial charge in [0.1, 0.15) is 5.75 Å². The van der Waals surface area contributed by atoms with Crippen molar-refractivity contribution in [2.45, 2.75) is 46.0 Å². The van der Waals surface area contributed by atoms with Gasteiger partial charge in [0.05, 0.1) is 27.9 Å². The fourth-order valence-corrected chi connectivity index (χ4v) is 5.63. The molecule has 2 aliphatic rings. The number of piperidine rings is 1. The van der Waals surface area contributed by atoms with Crippen LogP contribution in [0.25, 0.3) is 11.1 Å². The van der Waals surface area contributed by atoms with E-state index in [-0.39, 0.29) is 5.91 Å². The third-order valence-electron chi connectivity index (χ3n) is 7.55. The maximum Gasteiger partial charge on any atom is 0.254 e. The number of amides is 1. The van der Waals surface area contributed by atoms with Gasteiger partial charge in [0.2, 0.25) is 11.5 Å². The summed E-state index contributed by atoms with van der Waals surface area (Å²) in [5, 5.41) is 0. The molecule has 2 heterocycles. The first kappa shape index (κ1) is 25.9. The summed E-state index contributed by atoms with van der Waals surface area (Å²) < 4.78 is 29.3. The Balaban J connectivity index is 1.31. The minimum Gasteiger partial charge on any atom is -0.493 e. The Morgan fingerprint density at radius 3 is 2.05 bits per heavy atom. The van der Waals surface area contributed by atoms with Gasteiger partial charge in [0, 0.05) is 37.1 Å². The lowest BCUT2D eigenvalue weighted by Crippen LogP contribution is -2.52. The second kappa shape index (κ2) is 10.2. The summed E-state index contributed by atoms with van der Waals surface area (Å²) in [6.07, 6.45) is 1.24. The number of carbonyl (C=O) groups is 1. The van der Waals surface area contributed by atoms with Crippen molar-refractivity contribution in [3.05, 3.63) is 70.3 Å². The molecule has 1 fully saturated rings. The highest BCUT2D eigenvalue weighted by Gasteiger charge is 2.42. The summed E-state index contributed by atoms with van der Waals surface area (Å²) in [5.41, 5.74) is 6.94. The van der Waals surface area contributed by atoms with Crippen LogP contribution in [0, 0.1) is 20.8 Å². The third-order valence-corrected chi connectivity index (χ3v) is 7.55. The summed E-state index contributed by atoms with van der Waals surface area (Å²) in [6, 6.07) is 14.1. The van der Waals surface area contributed by atoms with E-state index in [4.69, 9.17) is 23.7 Å². The number of methoxy groups -OCH3 is 3. The van der Waals surface area contributed by atoms with Crippen molar-refractivity contribution in [2.75, 3.05) is 34.4 Å². The van der Waals surface area contributed by atoms with E-state index in [2.05, 4.69) is 25.1 Å². The summed E-state index contributed by atoms with van der Waals surface area (Å²) in [4.78, 5) is 15.3. The number of hydrogen-bond donors (Lipinski definition) is 0. The molecule has 1 spiro atoms. The molecule has 0 aliphatic carbocycles. The van der Waals surface area contributed by atoms with E-state index in [1.165, 1.54) is 5.56 Å². The second-order valence-electron chi connectivity index (χ2n) is 10.1. The number of ether oxygens (including phenoxy) is 5. The largest absolute Gasteiger partial charge is 0.493 e. The zero-order valence-corrected chi connectivity index (χ0v) is 23.0. The quantitative estimate of drug-likeness (QED) is 0.423. The standard InChI is InChI=1S/C31H35NO6/c1-19-13-20(2)28(21(3)14-19)30(33)32-11-9-31(10-12-32)37-18-24-15-22(7-8-25(24)38-31)23-16-26(34-4)29(36-6)27(17-23)35-5/h7-8,13-17H,9-12,18H2,1-6H3. The first-order valence-electron chi connectivity index (χ1n) is 12.9. The minimum absolute atomic E-state index is 0.0843. The monoisotopic (exact) mass is 517 g/mol. The van der Waals surface area contributed by atoms with E-state index in [9.17, 15) is 4.79 Å². The van der Waals surface area contributed by atoms with E-state index in [1.54, 1.807) is 21.3 Å². The summed E-state index contributed by atoms with van der Waals surface area (Å²) >= 11 is 0. The van der Waals surface area contributed by atoms with E-state index >= 15 is 0 Å². The fourth-order valence-electron chi connectivity index (χ4n) is 5.63. The molecule has 0 N–H and O–H groups in total. The van der Waals surface area contributed by atoms with Crippen LogP contribution in [0.5, 0.6) is 23.0 Å². The van der Waals surface area contributed by atoms with Gasteiger partial charge < -0.3 is 28.6 Å². The van der Waals surface area contributed by atoms with Crippen molar-refractivity contribution in [2.24, 2.45) is 0 Å². The van der Waals surface area contributed by atoms with Crippen LogP contribution in [-0.4, -0.2) is 51.0 Å². The molecule has 3 aromatic carbocycles. The second-order valence-corrected chi connectivity index (χ2v) is 10.1. The van der Waals surface area contributed by atoms with Gasteiger partial charge in [-0.3, -0.25) is 4.79 Å². The fraction of sp³-hybridized carbons (Fsp3) is 0.387. The van der Waals surface area contributed by atoms with Crippen LogP contribution in [0.2, 0.25) is 0 Å². The molecule has 7 heteroatoms. The maximum absolute atomic E-state index is 13.3. The average molecular weight is 518 g/mol. The molecule has 0 saturated carbocycles.